The molecular formula is C14H25N3OS. The number of carbonyl (C=O) groups is 1. The van der Waals surface area contributed by atoms with Gasteiger partial charge in [-0.05, 0) is 38.8 Å². The van der Waals surface area contributed by atoms with Crippen molar-refractivity contribution in [3.63, 3.8) is 0 Å². The van der Waals surface area contributed by atoms with Crippen molar-refractivity contribution in [2.24, 2.45) is 17.1 Å². The van der Waals surface area contributed by atoms with Crippen LogP contribution < -0.4 is 11.1 Å². The fourth-order valence-electron chi connectivity index (χ4n) is 3.17. The number of likely N-dealkylation sites (tertiary alicyclic amines) is 1. The van der Waals surface area contributed by atoms with Gasteiger partial charge in [-0.1, -0.05) is 26.1 Å². The van der Waals surface area contributed by atoms with Crippen LogP contribution >= 0.6 is 12.2 Å². The Morgan fingerprint density at radius 2 is 2.32 bits per heavy atom. The highest BCUT2D eigenvalue weighted by Crippen LogP contribution is 2.29. The van der Waals surface area contributed by atoms with Gasteiger partial charge in [-0.2, -0.15) is 0 Å². The van der Waals surface area contributed by atoms with E-state index in [0.29, 0.717) is 11.0 Å². The van der Waals surface area contributed by atoms with E-state index in [0.717, 1.165) is 45.3 Å². The lowest BCUT2D eigenvalue weighted by molar-refractivity contribution is -0.124. The smallest absolute Gasteiger partial charge is 0.224 e. The molecular weight excluding hydrogens is 258 g/mol. The van der Waals surface area contributed by atoms with E-state index in [1.54, 1.807) is 0 Å². The molecule has 5 heteroatoms. The molecule has 2 unspecified atom stereocenters. The highest BCUT2D eigenvalue weighted by Gasteiger charge is 2.40. The van der Waals surface area contributed by atoms with Crippen LogP contribution in [0.5, 0.6) is 0 Å². The SMILES string of the molecule is CC(C)(CCCN1CCCC2C(=O)NCC21)C(N)=S. The summed E-state index contributed by atoms with van der Waals surface area (Å²) >= 11 is 5.10. The summed E-state index contributed by atoms with van der Waals surface area (Å²) < 4.78 is 0. The van der Waals surface area contributed by atoms with Crippen molar-refractivity contribution in [2.75, 3.05) is 19.6 Å². The maximum Gasteiger partial charge on any atom is 0.224 e. The monoisotopic (exact) mass is 283 g/mol. The molecule has 0 spiro atoms. The van der Waals surface area contributed by atoms with E-state index in [-0.39, 0.29) is 17.2 Å². The molecule has 0 aliphatic carbocycles. The third-order valence-corrected chi connectivity index (χ3v) is 5.18. The van der Waals surface area contributed by atoms with Crippen LogP contribution in [0.15, 0.2) is 0 Å². The molecule has 2 atom stereocenters. The molecule has 1 amide bonds. The summed E-state index contributed by atoms with van der Waals surface area (Å²) in [5.41, 5.74) is 5.70. The van der Waals surface area contributed by atoms with Crippen LogP contribution in [0.2, 0.25) is 0 Å². The quantitative estimate of drug-likeness (QED) is 0.747. The minimum Gasteiger partial charge on any atom is -0.393 e. The van der Waals surface area contributed by atoms with Crippen LogP contribution in [0.3, 0.4) is 0 Å². The summed E-state index contributed by atoms with van der Waals surface area (Å²) in [5.74, 6) is 0.468. The van der Waals surface area contributed by atoms with E-state index >= 15 is 0 Å². The van der Waals surface area contributed by atoms with Crippen molar-refractivity contribution in [3.05, 3.63) is 0 Å². The third-order valence-electron chi connectivity index (χ3n) is 4.63. The van der Waals surface area contributed by atoms with Crippen LogP contribution in [0.25, 0.3) is 0 Å². The average Bonchev–Trinajstić information content (AvgIpc) is 2.72. The van der Waals surface area contributed by atoms with Crippen LogP contribution in [0.1, 0.15) is 39.5 Å². The molecule has 2 aliphatic heterocycles. The Hall–Kier alpha value is -0.680. The summed E-state index contributed by atoms with van der Waals surface area (Å²) in [6.07, 6.45) is 4.28. The van der Waals surface area contributed by atoms with Crippen molar-refractivity contribution in [1.82, 2.24) is 10.2 Å². The lowest BCUT2D eigenvalue weighted by atomic mass is 9.87. The molecule has 2 aliphatic rings. The van der Waals surface area contributed by atoms with Crippen LogP contribution in [-0.4, -0.2) is 41.5 Å². The zero-order chi connectivity index (χ0) is 14.0. The van der Waals surface area contributed by atoms with Gasteiger partial charge < -0.3 is 11.1 Å². The predicted octanol–water partition coefficient (Wildman–Crippen LogP) is 1.29. The number of nitrogens with two attached hydrogens (primary N) is 1. The molecule has 0 saturated carbocycles. The van der Waals surface area contributed by atoms with E-state index in [4.69, 9.17) is 18.0 Å². The summed E-state index contributed by atoms with van der Waals surface area (Å²) in [6.45, 7) is 7.19. The highest BCUT2D eigenvalue weighted by molar-refractivity contribution is 7.80. The molecule has 0 aromatic carbocycles. The Morgan fingerprint density at radius 3 is 3.00 bits per heavy atom. The molecule has 2 saturated heterocycles. The largest absolute Gasteiger partial charge is 0.393 e. The van der Waals surface area contributed by atoms with Crippen molar-refractivity contribution in [1.29, 1.82) is 0 Å². The number of thiocarbonyl (C=S) groups is 1. The first-order valence-electron chi connectivity index (χ1n) is 7.23. The predicted molar refractivity (Wildman–Crippen MR) is 80.9 cm³/mol. The average molecular weight is 283 g/mol. The molecule has 19 heavy (non-hydrogen) atoms. The van der Waals surface area contributed by atoms with Crippen LogP contribution in [0.4, 0.5) is 0 Å². The number of hydrogen-bond acceptors (Lipinski definition) is 3. The summed E-state index contributed by atoms with van der Waals surface area (Å²) in [6, 6.07) is 0.411. The Kier molecular flexibility index (Phi) is 4.46. The Morgan fingerprint density at radius 1 is 1.58 bits per heavy atom. The van der Waals surface area contributed by atoms with Gasteiger partial charge in [-0.15, -0.1) is 0 Å². The molecule has 3 N–H and O–H groups in total. The molecule has 0 bridgehead atoms. The molecule has 0 radical (unpaired) electrons. The van der Waals surface area contributed by atoms with Crippen molar-refractivity contribution in [3.8, 4) is 0 Å². The number of fused-ring (bicyclic) bond motifs is 1. The Balaban J connectivity index is 1.83. The van der Waals surface area contributed by atoms with Gasteiger partial charge in [0.15, 0.2) is 0 Å². The van der Waals surface area contributed by atoms with Gasteiger partial charge in [0.25, 0.3) is 0 Å². The maximum absolute atomic E-state index is 11.7. The maximum atomic E-state index is 11.7. The normalized spacial score (nSPS) is 28.0. The number of carbonyl (C=O) groups excluding carboxylic acids is 1. The van der Waals surface area contributed by atoms with E-state index < -0.39 is 0 Å². The number of hydrogen-bond donors (Lipinski definition) is 2. The van der Waals surface area contributed by atoms with Crippen LogP contribution in [0, 0.1) is 11.3 Å². The van der Waals surface area contributed by atoms with Gasteiger partial charge in [-0.3, -0.25) is 9.69 Å². The highest BCUT2D eigenvalue weighted by atomic mass is 32.1. The fourth-order valence-corrected chi connectivity index (χ4v) is 3.27. The summed E-state index contributed by atoms with van der Waals surface area (Å²) in [5, 5.41) is 3.00. The Bertz CT molecular complexity index is 370. The Labute approximate surface area is 121 Å². The lowest BCUT2D eigenvalue weighted by Gasteiger charge is -2.36. The van der Waals surface area contributed by atoms with Crippen molar-refractivity contribution < 1.29 is 4.79 Å². The fraction of sp³-hybridized carbons (Fsp3) is 0.857. The summed E-state index contributed by atoms with van der Waals surface area (Å²) in [4.78, 5) is 14.8. The number of amides is 1. The minimum atomic E-state index is -0.0612. The molecule has 108 valence electrons. The lowest BCUT2D eigenvalue weighted by Crippen LogP contribution is -2.46. The second kappa shape index (κ2) is 5.75. The number of nitrogens with zero attached hydrogens (tertiary/aromatic N) is 1. The third kappa shape index (κ3) is 3.26. The molecule has 2 fully saturated rings. The van der Waals surface area contributed by atoms with Gasteiger partial charge >= 0.3 is 0 Å². The second-order valence-corrected chi connectivity index (χ2v) is 6.89. The standard InChI is InChI=1S/C14H25N3OS/c1-14(2,13(15)19)6-4-8-17-7-3-5-10-11(17)9-16-12(10)18/h10-11H,3-9H2,1-2H3,(H2,15,19)(H,16,18). The van der Waals surface area contributed by atoms with Gasteiger partial charge in [0.05, 0.1) is 10.9 Å². The van der Waals surface area contributed by atoms with Crippen LogP contribution in [-0.2, 0) is 4.79 Å². The first-order valence-corrected chi connectivity index (χ1v) is 7.64. The topological polar surface area (TPSA) is 58.4 Å². The van der Waals surface area contributed by atoms with Crippen molar-refractivity contribution in [2.45, 2.75) is 45.6 Å². The van der Waals surface area contributed by atoms with Gasteiger partial charge in [-0.25, -0.2) is 0 Å². The van der Waals surface area contributed by atoms with E-state index in [1.165, 1.54) is 0 Å². The van der Waals surface area contributed by atoms with Gasteiger partial charge in [0.2, 0.25) is 5.91 Å². The van der Waals surface area contributed by atoms with E-state index in [1.807, 2.05) is 0 Å². The number of piperidine rings is 1. The van der Waals surface area contributed by atoms with E-state index in [9.17, 15) is 4.79 Å². The zero-order valence-electron chi connectivity index (χ0n) is 11.9. The first-order chi connectivity index (χ1) is 8.92. The molecule has 2 heterocycles. The minimum absolute atomic E-state index is 0.0612. The zero-order valence-corrected chi connectivity index (χ0v) is 12.8. The molecule has 0 aromatic rings. The number of rotatable bonds is 5. The molecule has 4 nitrogen and oxygen atoms in total. The van der Waals surface area contributed by atoms with Gasteiger partial charge in [0.1, 0.15) is 0 Å². The molecule has 2 rings (SSSR count). The number of nitrogens with one attached hydrogen (secondary N) is 1. The van der Waals surface area contributed by atoms with Gasteiger partial charge in [0, 0.05) is 18.0 Å². The van der Waals surface area contributed by atoms with E-state index in [2.05, 4.69) is 24.1 Å². The molecule has 0 aromatic heterocycles. The summed E-state index contributed by atoms with van der Waals surface area (Å²) in [7, 11) is 0. The first kappa shape index (κ1) is 14.7. The second-order valence-electron chi connectivity index (χ2n) is 6.45. The van der Waals surface area contributed by atoms with Crippen molar-refractivity contribution >= 4 is 23.1 Å².